The number of ether oxygens (including phenoxy) is 2. The topological polar surface area (TPSA) is 113 Å². The number of hydrogen-bond donors (Lipinski definition) is 2. The number of nitriles is 1. The first-order chi connectivity index (χ1) is 16.3. The van der Waals surface area contributed by atoms with Crippen molar-refractivity contribution in [2.75, 3.05) is 25.6 Å². The number of methoxy groups -OCH3 is 1. The molecule has 174 valence electrons. The van der Waals surface area contributed by atoms with Crippen LogP contribution < -0.4 is 15.4 Å². The number of nitrogens with one attached hydrogen (secondary N) is 2. The summed E-state index contributed by atoms with van der Waals surface area (Å²) in [5, 5.41) is 16.6. The van der Waals surface area contributed by atoms with Crippen molar-refractivity contribution in [2.45, 2.75) is 18.9 Å². The predicted molar refractivity (Wildman–Crippen MR) is 124 cm³/mol. The van der Waals surface area contributed by atoms with E-state index in [-0.39, 0.29) is 29.6 Å². The number of halogens is 1. The summed E-state index contributed by atoms with van der Waals surface area (Å²) in [7, 11) is 1.38. The summed E-state index contributed by atoms with van der Waals surface area (Å²) in [6.07, 6.45) is 0. The lowest BCUT2D eigenvalue weighted by Gasteiger charge is -2.30. The lowest BCUT2D eigenvalue weighted by atomic mass is 9.79. The average molecular weight is 481 g/mol. The highest BCUT2D eigenvalue weighted by atomic mass is 32.1. The van der Waals surface area contributed by atoms with Crippen LogP contribution in [0.5, 0.6) is 5.75 Å². The fraction of sp³-hybridized carbons (Fsp3) is 0.250. The molecule has 34 heavy (non-hydrogen) atoms. The second kappa shape index (κ2) is 9.59. The van der Waals surface area contributed by atoms with Gasteiger partial charge in [0.15, 0.2) is 16.7 Å². The molecule has 3 aromatic rings. The Labute approximate surface area is 199 Å². The van der Waals surface area contributed by atoms with Crippen LogP contribution in [-0.2, 0) is 21.6 Å². The molecule has 2 heterocycles. The van der Waals surface area contributed by atoms with E-state index in [9.17, 15) is 19.2 Å². The number of fused-ring (bicyclic) bond motifs is 1. The standard InChI is InChI=1S/C24H21FN4O4S/c1-24(12-26)13-33-10-15-7-6-14(8-17(15)24)22(31)27-9-20(30)29-23-28-18(11-34-23)16-4-3-5-19(32-2)21(16)25/h3-8,11H,9-10,13H2,1-2H3,(H,27,31)(H,28,29,30)/t24-/m1/s1. The molecular formula is C24H21FN4O4S. The molecule has 10 heteroatoms. The molecule has 0 fully saturated rings. The Hall–Kier alpha value is -3.81. The molecule has 1 aromatic heterocycles. The van der Waals surface area contributed by atoms with Gasteiger partial charge in [0, 0.05) is 16.5 Å². The third-order valence-corrected chi connectivity index (χ3v) is 6.24. The molecule has 0 spiro atoms. The van der Waals surface area contributed by atoms with Crippen molar-refractivity contribution in [1.82, 2.24) is 10.3 Å². The number of amides is 2. The minimum atomic E-state index is -0.841. The van der Waals surface area contributed by atoms with Crippen LogP contribution >= 0.6 is 11.3 Å². The van der Waals surface area contributed by atoms with Gasteiger partial charge in [-0.05, 0) is 42.3 Å². The molecule has 1 aliphatic rings. The molecule has 2 N–H and O–H groups in total. The number of thiazole rings is 1. The molecule has 0 radical (unpaired) electrons. The Morgan fingerprint density at radius 3 is 2.94 bits per heavy atom. The van der Waals surface area contributed by atoms with Crippen LogP contribution in [0.3, 0.4) is 0 Å². The van der Waals surface area contributed by atoms with E-state index < -0.39 is 23.0 Å². The molecule has 0 unspecified atom stereocenters. The molecule has 4 rings (SSSR count). The fourth-order valence-corrected chi connectivity index (χ4v) is 4.37. The van der Waals surface area contributed by atoms with Gasteiger partial charge in [-0.25, -0.2) is 9.37 Å². The zero-order valence-electron chi connectivity index (χ0n) is 18.5. The summed E-state index contributed by atoms with van der Waals surface area (Å²) in [5.74, 6) is -1.36. The second-order valence-corrected chi connectivity index (χ2v) is 8.76. The van der Waals surface area contributed by atoms with Crippen LogP contribution in [0.1, 0.15) is 28.4 Å². The number of nitrogens with zero attached hydrogens (tertiary/aromatic N) is 2. The number of carbonyl (C=O) groups is 2. The largest absolute Gasteiger partial charge is 0.494 e. The summed E-state index contributed by atoms with van der Waals surface area (Å²) in [5.41, 5.74) is 1.73. The van der Waals surface area contributed by atoms with Crippen LogP contribution in [0.15, 0.2) is 41.8 Å². The summed E-state index contributed by atoms with van der Waals surface area (Å²) in [6.45, 7) is 2.11. The van der Waals surface area contributed by atoms with Crippen LogP contribution in [-0.4, -0.2) is 37.1 Å². The van der Waals surface area contributed by atoms with Crippen LogP contribution in [0.2, 0.25) is 0 Å². The third-order valence-electron chi connectivity index (χ3n) is 5.48. The molecule has 0 saturated carbocycles. The van der Waals surface area contributed by atoms with E-state index in [4.69, 9.17) is 9.47 Å². The number of aromatic nitrogens is 1. The van der Waals surface area contributed by atoms with Crippen molar-refractivity contribution in [3.8, 4) is 23.1 Å². The minimum absolute atomic E-state index is 0.101. The first-order valence-corrected chi connectivity index (χ1v) is 11.2. The maximum absolute atomic E-state index is 14.5. The van der Waals surface area contributed by atoms with Gasteiger partial charge in [-0.1, -0.05) is 12.1 Å². The molecule has 1 atom stereocenters. The van der Waals surface area contributed by atoms with E-state index in [0.29, 0.717) is 17.9 Å². The van der Waals surface area contributed by atoms with Gasteiger partial charge in [0.05, 0.1) is 38.6 Å². The molecule has 8 nitrogen and oxygen atoms in total. The number of benzene rings is 2. The second-order valence-electron chi connectivity index (χ2n) is 7.90. The fourth-order valence-electron chi connectivity index (χ4n) is 3.64. The number of carbonyl (C=O) groups excluding carboxylic acids is 2. The lowest BCUT2D eigenvalue weighted by Crippen LogP contribution is -2.34. The van der Waals surface area contributed by atoms with Crippen molar-refractivity contribution in [3.63, 3.8) is 0 Å². The number of anilines is 1. The monoisotopic (exact) mass is 480 g/mol. The quantitative estimate of drug-likeness (QED) is 0.557. The van der Waals surface area contributed by atoms with Crippen molar-refractivity contribution < 1.29 is 23.5 Å². The zero-order valence-corrected chi connectivity index (χ0v) is 19.3. The van der Waals surface area contributed by atoms with E-state index in [1.54, 1.807) is 42.6 Å². The zero-order chi connectivity index (χ0) is 24.3. The minimum Gasteiger partial charge on any atom is -0.494 e. The van der Waals surface area contributed by atoms with E-state index in [2.05, 4.69) is 21.7 Å². The normalized spacial score (nSPS) is 16.8. The summed E-state index contributed by atoms with van der Waals surface area (Å²) in [4.78, 5) is 29.2. The van der Waals surface area contributed by atoms with Crippen molar-refractivity contribution >= 4 is 28.3 Å². The highest BCUT2D eigenvalue weighted by Crippen LogP contribution is 2.33. The highest BCUT2D eigenvalue weighted by molar-refractivity contribution is 7.14. The van der Waals surface area contributed by atoms with Gasteiger partial charge >= 0.3 is 0 Å². The molecule has 2 amide bonds. The van der Waals surface area contributed by atoms with Crippen LogP contribution in [0.25, 0.3) is 11.3 Å². The molecule has 0 aliphatic carbocycles. The number of hydrogen-bond acceptors (Lipinski definition) is 7. The first kappa shape index (κ1) is 23.4. The van der Waals surface area contributed by atoms with Gasteiger partial charge < -0.3 is 20.1 Å². The SMILES string of the molecule is COc1cccc(-c2csc(NC(=O)CNC(=O)c3ccc4c(c3)[C@](C)(C#N)COC4)n2)c1F. The van der Waals surface area contributed by atoms with Gasteiger partial charge in [0.25, 0.3) is 5.91 Å². The summed E-state index contributed by atoms with van der Waals surface area (Å²) >= 11 is 1.14. The lowest BCUT2D eigenvalue weighted by molar-refractivity contribution is -0.115. The average Bonchev–Trinajstić information content (AvgIpc) is 3.30. The molecule has 1 aliphatic heterocycles. The molecule has 0 bridgehead atoms. The molecular weight excluding hydrogens is 459 g/mol. The summed E-state index contributed by atoms with van der Waals surface area (Å²) in [6, 6.07) is 12.0. The van der Waals surface area contributed by atoms with Crippen molar-refractivity contribution in [3.05, 3.63) is 64.3 Å². The highest BCUT2D eigenvalue weighted by Gasteiger charge is 2.33. The van der Waals surface area contributed by atoms with E-state index in [1.807, 2.05) is 0 Å². The predicted octanol–water partition coefficient (Wildman–Crippen LogP) is 3.64. The van der Waals surface area contributed by atoms with Crippen molar-refractivity contribution in [2.24, 2.45) is 0 Å². The Bertz CT molecular complexity index is 1300. The van der Waals surface area contributed by atoms with E-state index in [0.717, 1.165) is 22.5 Å². The molecule has 2 aromatic carbocycles. The van der Waals surface area contributed by atoms with Gasteiger partial charge in [0.1, 0.15) is 5.41 Å². The maximum Gasteiger partial charge on any atom is 0.251 e. The van der Waals surface area contributed by atoms with Crippen LogP contribution in [0.4, 0.5) is 9.52 Å². The Kier molecular flexibility index (Phi) is 6.58. The van der Waals surface area contributed by atoms with E-state index >= 15 is 0 Å². The third kappa shape index (κ3) is 4.62. The van der Waals surface area contributed by atoms with Crippen LogP contribution in [0, 0.1) is 17.1 Å². The Morgan fingerprint density at radius 1 is 1.35 bits per heavy atom. The van der Waals surface area contributed by atoms with Gasteiger partial charge in [-0.3, -0.25) is 9.59 Å². The Balaban J connectivity index is 1.39. The van der Waals surface area contributed by atoms with Gasteiger partial charge in [-0.15, -0.1) is 11.3 Å². The van der Waals surface area contributed by atoms with E-state index in [1.165, 1.54) is 13.2 Å². The smallest absolute Gasteiger partial charge is 0.251 e. The Morgan fingerprint density at radius 2 is 2.18 bits per heavy atom. The van der Waals surface area contributed by atoms with Crippen molar-refractivity contribution in [1.29, 1.82) is 5.26 Å². The molecule has 0 saturated heterocycles. The maximum atomic E-state index is 14.5. The first-order valence-electron chi connectivity index (χ1n) is 10.3. The van der Waals surface area contributed by atoms with Gasteiger partial charge in [-0.2, -0.15) is 5.26 Å². The van der Waals surface area contributed by atoms with Gasteiger partial charge in [0.2, 0.25) is 5.91 Å². The summed E-state index contributed by atoms with van der Waals surface area (Å²) < 4.78 is 24.9. The number of rotatable bonds is 6.